The zero-order valence-electron chi connectivity index (χ0n) is 11.4. The van der Waals surface area contributed by atoms with Crippen LogP contribution in [0.25, 0.3) is 10.9 Å². The Labute approximate surface area is 117 Å². The number of piperidine rings is 1. The third kappa shape index (κ3) is 2.86. The van der Waals surface area contributed by atoms with Crippen LogP contribution in [-0.2, 0) is 6.54 Å². The fraction of sp³-hybridized carbons (Fsp3) is 0.500. The second kappa shape index (κ2) is 6.11. The van der Waals surface area contributed by atoms with Gasteiger partial charge in [-0.1, -0.05) is 0 Å². The van der Waals surface area contributed by atoms with Crippen molar-refractivity contribution in [3.63, 3.8) is 0 Å². The lowest BCUT2D eigenvalue weighted by molar-refractivity contribution is 0.359. The first kappa shape index (κ1) is 13.2. The van der Waals surface area contributed by atoms with E-state index in [2.05, 4.69) is 25.6 Å². The number of aromatic amines is 1. The van der Waals surface area contributed by atoms with Crippen LogP contribution in [-0.4, -0.2) is 34.6 Å². The maximum atomic E-state index is 11.7. The first-order chi connectivity index (χ1) is 9.84. The highest BCUT2D eigenvalue weighted by Crippen LogP contribution is 2.11. The van der Waals surface area contributed by atoms with Crippen molar-refractivity contribution in [2.24, 2.45) is 5.92 Å². The van der Waals surface area contributed by atoms with Gasteiger partial charge in [-0.2, -0.15) is 0 Å². The van der Waals surface area contributed by atoms with Crippen molar-refractivity contribution in [1.82, 2.24) is 25.6 Å². The Bertz CT molecular complexity index is 633. The number of aromatic nitrogens is 3. The summed E-state index contributed by atoms with van der Waals surface area (Å²) in [6.45, 7) is 3.82. The Balaban J connectivity index is 1.68. The van der Waals surface area contributed by atoms with Gasteiger partial charge < -0.3 is 15.6 Å². The molecule has 1 saturated heterocycles. The van der Waals surface area contributed by atoms with E-state index in [1.165, 1.54) is 19.2 Å². The number of pyridine rings is 1. The molecule has 0 amide bonds. The summed E-state index contributed by atoms with van der Waals surface area (Å²) in [5, 5.41) is 7.43. The van der Waals surface area contributed by atoms with Crippen LogP contribution in [0.2, 0.25) is 0 Å². The lowest BCUT2D eigenvalue weighted by Gasteiger charge is -2.22. The molecule has 6 heteroatoms. The van der Waals surface area contributed by atoms with E-state index in [1.54, 1.807) is 12.3 Å². The number of hydrogen-bond acceptors (Lipinski definition) is 5. The summed E-state index contributed by atoms with van der Waals surface area (Å²) in [5.74, 6) is 0.676. The lowest BCUT2D eigenvalue weighted by Crippen LogP contribution is -2.36. The SMILES string of the molecule is O=c1[nH]cnc2c(CNCC3CCCNC3)nccc12. The Kier molecular flexibility index (Phi) is 4.03. The molecule has 6 nitrogen and oxygen atoms in total. The van der Waals surface area contributed by atoms with Gasteiger partial charge in [-0.3, -0.25) is 9.78 Å². The van der Waals surface area contributed by atoms with Gasteiger partial charge in [-0.25, -0.2) is 4.98 Å². The highest BCUT2D eigenvalue weighted by Gasteiger charge is 2.13. The highest BCUT2D eigenvalue weighted by atomic mass is 16.1. The number of H-pyrrole nitrogens is 1. The van der Waals surface area contributed by atoms with E-state index < -0.39 is 0 Å². The van der Waals surface area contributed by atoms with Gasteiger partial charge in [-0.05, 0) is 44.5 Å². The molecule has 3 heterocycles. The molecule has 106 valence electrons. The van der Waals surface area contributed by atoms with E-state index in [-0.39, 0.29) is 5.56 Å². The number of hydrogen-bond donors (Lipinski definition) is 3. The molecule has 2 aromatic heterocycles. The molecule has 0 aromatic carbocycles. The Morgan fingerprint density at radius 1 is 1.40 bits per heavy atom. The normalized spacial score (nSPS) is 19.3. The summed E-state index contributed by atoms with van der Waals surface area (Å²) in [4.78, 5) is 22.9. The third-order valence-corrected chi connectivity index (χ3v) is 3.76. The van der Waals surface area contributed by atoms with E-state index in [4.69, 9.17) is 0 Å². The van der Waals surface area contributed by atoms with Gasteiger partial charge in [0.15, 0.2) is 0 Å². The zero-order valence-corrected chi connectivity index (χ0v) is 11.4. The first-order valence-corrected chi connectivity index (χ1v) is 7.07. The average molecular weight is 273 g/mol. The second-order valence-electron chi connectivity index (χ2n) is 5.23. The number of rotatable bonds is 4. The quantitative estimate of drug-likeness (QED) is 0.751. The van der Waals surface area contributed by atoms with Gasteiger partial charge >= 0.3 is 0 Å². The minimum Gasteiger partial charge on any atom is -0.316 e. The van der Waals surface area contributed by atoms with Crippen molar-refractivity contribution in [2.75, 3.05) is 19.6 Å². The van der Waals surface area contributed by atoms with E-state index in [0.29, 0.717) is 23.4 Å². The minimum absolute atomic E-state index is 0.116. The predicted molar refractivity (Wildman–Crippen MR) is 77.5 cm³/mol. The Morgan fingerprint density at radius 3 is 3.20 bits per heavy atom. The Hall–Kier alpha value is -1.79. The summed E-state index contributed by atoms with van der Waals surface area (Å²) in [6.07, 6.45) is 5.61. The predicted octanol–water partition coefficient (Wildman–Crippen LogP) is 0.407. The lowest BCUT2D eigenvalue weighted by atomic mass is 10.00. The van der Waals surface area contributed by atoms with Gasteiger partial charge in [0.05, 0.1) is 17.4 Å². The van der Waals surface area contributed by atoms with Crippen LogP contribution in [0.4, 0.5) is 0 Å². The molecule has 20 heavy (non-hydrogen) atoms. The largest absolute Gasteiger partial charge is 0.316 e. The highest BCUT2D eigenvalue weighted by molar-refractivity contribution is 5.78. The van der Waals surface area contributed by atoms with Crippen molar-refractivity contribution >= 4 is 10.9 Å². The fourth-order valence-electron chi connectivity index (χ4n) is 2.68. The van der Waals surface area contributed by atoms with Gasteiger partial charge in [-0.15, -0.1) is 0 Å². The van der Waals surface area contributed by atoms with E-state index in [0.717, 1.165) is 25.3 Å². The summed E-state index contributed by atoms with van der Waals surface area (Å²) in [5.41, 5.74) is 1.40. The summed E-state index contributed by atoms with van der Waals surface area (Å²) in [6, 6.07) is 1.70. The minimum atomic E-state index is -0.116. The van der Waals surface area contributed by atoms with Crippen LogP contribution in [0.5, 0.6) is 0 Å². The van der Waals surface area contributed by atoms with Crippen LogP contribution < -0.4 is 16.2 Å². The van der Waals surface area contributed by atoms with Crippen molar-refractivity contribution in [3.8, 4) is 0 Å². The monoisotopic (exact) mass is 273 g/mol. The number of nitrogens with one attached hydrogen (secondary N) is 3. The van der Waals surface area contributed by atoms with Gasteiger partial charge in [0, 0.05) is 12.7 Å². The molecule has 3 N–H and O–H groups in total. The third-order valence-electron chi connectivity index (χ3n) is 3.76. The maximum Gasteiger partial charge on any atom is 0.258 e. The Morgan fingerprint density at radius 2 is 2.35 bits per heavy atom. The zero-order chi connectivity index (χ0) is 13.8. The summed E-state index contributed by atoms with van der Waals surface area (Å²) in [7, 11) is 0. The second-order valence-corrected chi connectivity index (χ2v) is 5.23. The maximum absolute atomic E-state index is 11.7. The fourth-order valence-corrected chi connectivity index (χ4v) is 2.68. The molecule has 0 aliphatic carbocycles. The van der Waals surface area contributed by atoms with E-state index >= 15 is 0 Å². The molecular formula is C14H19N5O. The van der Waals surface area contributed by atoms with Crippen LogP contribution in [0.3, 0.4) is 0 Å². The van der Waals surface area contributed by atoms with Crippen molar-refractivity contribution in [1.29, 1.82) is 0 Å². The van der Waals surface area contributed by atoms with E-state index in [9.17, 15) is 4.79 Å². The van der Waals surface area contributed by atoms with Crippen LogP contribution in [0.15, 0.2) is 23.4 Å². The van der Waals surface area contributed by atoms with E-state index in [1.807, 2.05) is 0 Å². The summed E-state index contributed by atoms with van der Waals surface area (Å²) >= 11 is 0. The molecule has 1 aliphatic rings. The molecule has 0 bridgehead atoms. The molecule has 0 spiro atoms. The number of nitrogens with zero attached hydrogens (tertiary/aromatic N) is 2. The molecular weight excluding hydrogens is 254 g/mol. The topological polar surface area (TPSA) is 82.7 Å². The molecule has 1 fully saturated rings. The molecule has 2 aromatic rings. The van der Waals surface area contributed by atoms with Gasteiger partial charge in [0.2, 0.25) is 0 Å². The van der Waals surface area contributed by atoms with Crippen LogP contribution in [0.1, 0.15) is 18.5 Å². The van der Waals surface area contributed by atoms with Crippen molar-refractivity contribution < 1.29 is 0 Å². The molecule has 1 atom stereocenters. The number of fused-ring (bicyclic) bond motifs is 1. The molecule has 0 radical (unpaired) electrons. The molecule has 1 unspecified atom stereocenters. The molecule has 3 rings (SSSR count). The van der Waals surface area contributed by atoms with Crippen molar-refractivity contribution in [3.05, 3.63) is 34.6 Å². The average Bonchev–Trinajstić information content (AvgIpc) is 2.49. The standard InChI is InChI=1S/C14H19N5O/c20-14-11-3-5-17-12(13(11)18-9-19-14)8-16-7-10-2-1-4-15-6-10/h3,5,9-10,15-16H,1-2,4,6-8H2,(H,18,19,20). The molecule has 1 aliphatic heterocycles. The van der Waals surface area contributed by atoms with Crippen LogP contribution in [0, 0.1) is 5.92 Å². The van der Waals surface area contributed by atoms with Gasteiger partial charge in [0.25, 0.3) is 5.56 Å². The van der Waals surface area contributed by atoms with Gasteiger partial charge in [0.1, 0.15) is 5.52 Å². The first-order valence-electron chi connectivity index (χ1n) is 7.07. The summed E-state index contributed by atoms with van der Waals surface area (Å²) < 4.78 is 0. The van der Waals surface area contributed by atoms with Crippen LogP contribution >= 0.6 is 0 Å². The smallest absolute Gasteiger partial charge is 0.258 e. The molecule has 0 saturated carbocycles. The van der Waals surface area contributed by atoms with Crippen molar-refractivity contribution in [2.45, 2.75) is 19.4 Å².